The van der Waals surface area contributed by atoms with Crippen molar-refractivity contribution in [3.05, 3.63) is 52.8 Å². The van der Waals surface area contributed by atoms with E-state index in [2.05, 4.69) is 54.2 Å². The molecule has 1 aliphatic heterocycles. The Hall–Kier alpha value is -1.30. The molecule has 2 aromatic rings. The number of hydrogen-bond acceptors (Lipinski definition) is 4. The summed E-state index contributed by atoms with van der Waals surface area (Å²) in [5, 5.41) is 13.8. The van der Waals surface area contributed by atoms with Crippen LogP contribution in [0, 0.1) is 13.8 Å². The van der Waals surface area contributed by atoms with Gasteiger partial charge < -0.3 is 5.11 Å². The van der Waals surface area contributed by atoms with Gasteiger partial charge in [-0.15, -0.1) is 0 Å². The maximum atomic E-state index is 9.18. The highest BCUT2D eigenvalue weighted by atomic mass is 32.2. The Morgan fingerprint density at radius 2 is 2.04 bits per heavy atom. The van der Waals surface area contributed by atoms with Gasteiger partial charge in [-0.05, 0) is 19.4 Å². The predicted octanol–water partition coefficient (Wildman–Crippen LogP) is 2.78. The van der Waals surface area contributed by atoms with Gasteiger partial charge in [-0.2, -0.15) is 16.9 Å². The highest BCUT2D eigenvalue weighted by molar-refractivity contribution is 7.99. The molecule has 4 nitrogen and oxygen atoms in total. The zero-order valence-corrected chi connectivity index (χ0v) is 14.7. The van der Waals surface area contributed by atoms with Gasteiger partial charge in [0.05, 0.1) is 18.8 Å². The summed E-state index contributed by atoms with van der Waals surface area (Å²) in [6.45, 7) is 6.93. The Bertz CT molecular complexity index is 641. The van der Waals surface area contributed by atoms with Crippen molar-refractivity contribution in [3.63, 3.8) is 0 Å². The van der Waals surface area contributed by atoms with Crippen LogP contribution in [0.3, 0.4) is 0 Å². The maximum Gasteiger partial charge on any atom is 0.0644 e. The van der Waals surface area contributed by atoms with Crippen LogP contribution < -0.4 is 0 Å². The first kappa shape index (κ1) is 16.6. The van der Waals surface area contributed by atoms with E-state index in [1.165, 1.54) is 22.6 Å². The van der Waals surface area contributed by atoms with Crippen LogP contribution in [0.5, 0.6) is 0 Å². The Balaban J connectivity index is 1.83. The van der Waals surface area contributed by atoms with Crippen molar-refractivity contribution in [3.8, 4) is 0 Å². The van der Waals surface area contributed by atoms with Crippen molar-refractivity contribution in [1.82, 2.24) is 14.7 Å². The van der Waals surface area contributed by atoms with Crippen LogP contribution in [0.15, 0.2) is 30.3 Å². The standard InChI is InChI=1S/C18H25N3OS/c1-14-17(15(2)21(19-14)8-10-22)12-20-9-11-23-13-18(20)16-6-4-3-5-7-16/h3-7,18,22H,8-13H2,1-2H3. The Morgan fingerprint density at radius 3 is 2.78 bits per heavy atom. The van der Waals surface area contributed by atoms with Crippen molar-refractivity contribution < 1.29 is 5.11 Å². The van der Waals surface area contributed by atoms with E-state index in [1.54, 1.807) is 0 Å². The molecule has 1 atom stereocenters. The molecule has 1 aromatic heterocycles. The summed E-state index contributed by atoms with van der Waals surface area (Å²) in [6.07, 6.45) is 0. The average molecular weight is 331 g/mol. The number of thioether (sulfide) groups is 1. The van der Waals surface area contributed by atoms with E-state index in [0.717, 1.165) is 24.5 Å². The minimum atomic E-state index is 0.133. The van der Waals surface area contributed by atoms with Gasteiger partial charge in [-0.25, -0.2) is 0 Å². The molecule has 1 saturated heterocycles. The molecule has 23 heavy (non-hydrogen) atoms. The Morgan fingerprint density at radius 1 is 1.26 bits per heavy atom. The smallest absolute Gasteiger partial charge is 0.0644 e. The van der Waals surface area contributed by atoms with E-state index in [-0.39, 0.29) is 6.61 Å². The number of rotatable bonds is 5. The lowest BCUT2D eigenvalue weighted by Gasteiger charge is -2.35. The third-order valence-corrected chi connectivity index (χ3v) is 5.65. The maximum absolute atomic E-state index is 9.18. The zero-order valence-electron chi connectivity index (χ0n) is 13.9. The number of benzene rings is 1. The fourth-order valence-corrected chi connectivity index (χ4v) is 4.44. The van der Waals surface area contributed by atoms with Crippen LogP contribution in [0.4, 0.5) is 0 Å². The van der Waals surface area contributed by atoms with E-state index >= 15 is 0 Å². The zero-order chi connectivity index (χ0) is 16.2. The molecule has 0 amide bonds. The fraction of sp³-hybridized carbons (Fsp3) is 0.500. The quantitative estimate of drug-likeness (QED) is 0.915. The van der Waals surface area contributed by atoms with Crippen molar-refractivity contribution in [1.29, 1.82) is 0 Å². The van der Waals surface area contributed by atoms with E-state index in [1.807, 2.05) is 16.4 Å². The molecule has 0 radical (unpaired) electrons. The van der Waals surface area contributed by atoms with Crippen LogP contribution in [-0.4, -0.2) is 44.4 Å². The number of aliphatic hydroxyl groups is 1. The number of aliphatic hydroxyl groups excluding tert-OH is 1. The van der Waals surface area contributed by atoms with Gasteiger partial charge in [0.25, 0.3) is 0 Å². The summed E-state index contributed by atoms with van der Waals surface area (Å²) in [4.78, 5) is 2.58. The molecular formula is C18H25N3OS. The van der Waals surface area contributed by atoms with Crippen molar-refractivity contribution in [2.45, 2.75) is 33.0 Å². The molecule has 124 valence electrons. The number of aromatic nitrogens is 2. The van der Waals surface area contributed by atoms with Crippen LogP contribution in [0.25, 0.3) is 0 Å². The molecule has 0 bridgehead atoms. The molecule has 0 aliphatic carbocycles. The van der Waals surface area contributed by atoms with Gasteiger partial charge in [0, 0.05) is 41.9 Å². The monoisotopic (exact) mass is 331 g/mol. The predicted molar refractivity (Wildman–Crippen MR) is 95.7 cm³/mol. The SMILES string of the molecule is Cc1nn(CCO)c(C)c1CN1CCSCC1c1ccccc1. The highest BCUT2D eigenvalue weighted by Gasteiger charge is 2.26. The third kappa shape index (κ3) is 3.62. The fourth-order valence-electron chi connectivity index (χ4n) is 3.29. The topological polar surface area (TPSA) is 41.3 Å². The summed E-state index contributed by atoms with van der Waals surface area (Å²) < 4.78 is 1.93. The van der Waals surface area contributed by atoms with Gasteiger partial charge in [-0.1, -0.05) is 30.3 Å². The Labute approximate surface area is 142 Å². The van der Waals surface area contributed by atoms with Gasteiger partial charge in [0.15, 0.2) is 0 Å². The summed E-state index contributed by atoms with van der Waals surface area (Å²) in [5.74, 6) is 2.33. The first-order chi connectivity index (χ1) is 11.2. The average Bonchev–Trinajstić information content (AvgIpc) is 2.84. The van der Waals surface area contributed by atoms with Crippen molar-refractivity contribution >= 4 is 11.8 Å². The lowest BCUT2D eigenvalue weighted by atomic mass is 10.1. The molecule has 3 rings (SSSR count). The minimum absolute atomic E-state index is 0.133. The molecule has 2 heterocycles. The largest absolute Gasteiger partial charge is 0.394 e. The molecule has 1 unspecified atom stereocenters. The molecule has 1 aromatic carbocycles. The molecule has 1 aliphatic rings. The van der Waals surface area contributed by atoms with Gasteiger partial charge >= 0.3 is 0 Å². The van der Waals surface area contributed by atoms with E-state index in [4.69, 9.17) is 0 Å². The summed E-state index contributed by atoms with van der Waals surface area (Å²) >= 11 is 2.04. The van der Waals surface area contributed by atoms with E-state index < -0.39 is 0 Å². The Kier molecular flexibility index (Phi) is 5.41. The van der Waals surface area contributed by atoms with Gasteiger partial charge in [0.1, 0.15) is 0 Å². The van der Waals surface area contributed by atoms with E-state index in [0.29, 0.717) is 12.6 Å². The second-order valence-electron chi connectivity index (χ2n) is 6.07. The first-order valence-electron chi connectivity index (χ1n) is 8.21. The summed E-state index contributed by atoms with van der Waals surface area (Å²) in [7, 11) is 0. The molecule has 1 fully saturated rings. The highest BCUT2D eigenvalue weighted by Crippen LogP contribution is 2.31. The molecular weight excluding hydrogens is 306 g/mol. The van der Waals surface area contributed by atoms with Crippen LogP contribution in [-0.2, 0) is 13.1 Å². The second kappa shape index (κ2) is 7.51. The lowest BCUT2D eigenvalue weighted by Crippen LogP contribution is -2.35. The first-order valence-corrected chi connectivity index (χ1v) is 9.36. The van der Waals surface area contributed by atoms with Gasteiger partial charge in [-0.3, -0.25) is 9.58 Å². The number of aryl methyl sites for hydroxylation is 1. The summed E-state index contributed by atoms with van der Waals surface area (Å²) in [6, 6.07) is 11.3. The normalized spacial score (nSPS) is 19.2. The number of nitrogens with zero attached hydrogens (tertiary/aromatic N) is 3. The minimum Gasteiger partial charge on any atom is -0.394 e. The number of hydrogen-bond donors (Lipinski definition) is 1. The van der Waals surface area contributed by atoms with Gasteiger partial charge in [0.2, 0.25) is 0 Å². The third-order valence-electron chi connectivity index (χ3n) is 4.63. The van der Waals surface area contributed by atoms with Crippen LogP contribution >= 0.6 is 11.8 Å². The summed E-state index contributed by atoms with van der Waals surface area (Å²) in [5.41, 5.74) is 4.98. The molecule has 1 N–H and O–H groups in total. The van der Waals surface area contributed by atoms with Crippen molar-refractivity contribution in [2.24, 2.45) is 0 Å². The molecule has 5 heteroatoms. The van der Waals surface area contributed by atoms with Crippen molar-refractivity contribution in [2.75, 3.05) is 24.7 Å². The van der Waals surface area contributed by atoms with E-state index in [9.17, 15) is 5.11 Å². The molecule has 0 spiro atoms. The molecule has 0 saturated carbocycles. The van der Waals surface area contributed by atoms with Crippen LogP contribution in [0.2, 0.25) is 0 Å². The van der Waals surface area contributed by atoms with Crippen LogP contribution in [0.1, 0.15) is 28.6 Å². The lowest BCUT2D eigenvalue weighted by molar-refractivity contribution is 0.211. The second-order valence-corrected chi connectivity index (χ2v) is 7.22.